The van der Waals surface area contributed by atoms with E-state index in [1.54, 1.807) is 57.8 Å². The van der Waals surface area contributed by atoms with Crippen molar-refractivity contribution in [3.63, 3.8) is 0 Å². The maximum atomic E-state index is 1.61. The van der Waals surface area contributed by atoms with E-state index in [2.05, 4.69) is 0 Å². The fourth-order valence-electron chi connectivity index (χ4n) is 4.85. The van der Waals surface area contributed by atoms with Crippen LogP contribution in [-0.2, 0) is 0 Å². The van der Waals surface area contributed by atoms with Crippen LogP contribution in [-0.4, -0.2) is 0 Å². The normalized spacial score (nSPS) is 42.0. The zero-order valence-corrected chi connectivity index (χ0v) is 10.1. The van der Waals surface area contributed by atoms with Crippen molar-refractivity contribution in [3.8, 4) is 0 Å². The highest BCUT2D eigenvalue weighted by molar-refractivity contribution is 4.93. The van der Waals surface area contributed by atoms with E-state index in [9.17, 15) is 0 Å². The Morgan fingerprint density at radius 1 is 0.800 bits per heavy atom. The number of hydrogen-bond acceptors (Lipinski definition) is 0. The Hall–Kier alpha value is 0. The Labute approximate surface area is 94.8 Å². The Balaban J connectivity index is 1.66. The molecule has 0 aromatic heterocycles. The second kappa shape index (κ2) is 4.11. The van der Waals surface area contributed by atoms with Gasteiger partial charge in [0.1, 0.15) is 0 Å². The largest absolute Gasteiger partial charge is 0.0530 e. The third kappa shape index (κ3) is 2.10. The predicted molar refractivity (Wildman–Crippen MR) is 64.8 cm³/mol. The molecule has 3 fully saturated rings. The molecule has 86 valence electrons. The van der Waals surface area contributed by atoms with E-state index < -0.39 is 0 Å². The minimum atomic E-state index is 0.843. The van der Waals surface area contributed by atoms with Crippen molar-refractivity contribution in [2.75, 3.05) is 0 Å². The lowest BCUT2D eigenvalue weighted by Crippen LogP contribution is -2.19. The summed E-state index contributed by atoms with van der Waals surface area (Å²) in [5.74, 6) is 2.26. The van der Waals surface area contributed by atoms with E-state index in [1.807, 2.05) is 0 Å². The first-order valence-corrected chi connectivity index (χ1v) is 7.36. The molecule has 0 saturated heterocycles. The molecular weight excluding hydrogens is 180 g/mol. The molecule has 2 unspecified atom stereocenters. The smallest absolute Gasteiger partial charge is 0.0292 e. The van der Waals surface area contributed by atoms with E-state index in [0.29, 0.717) is 0 Å². The van der Waals surface area contributed by atoms with Gasteiger partial charge >= 0.3 is 0 Å². The van der Waals surface area contributed by atoms with Gasteiger partial charge in [-0.1, -0.05) is 44.9 Å². The van der Waals surface area contributed by atoms with E-state index in [1.165, 1.54) is 19.3 Å². The highest BCUT2D eigenvalue weighted by Gasteiger charge is 2.41. The Morgan fingerprint density at radius 2 is 1.60 bits per heavy atom. The second-order valence-electron chi connectivity index (χ2n) is 6.71. The van der Waals surface area contributed by atoms with Gasteiger partial charge < -0.3 is 0 Å². The molecule has 3 rings (SSSR count). The second-order valence-corrected chi connectivity index (χ2v) is 6.71. The maximum absolute atomic E-state index is 1.61. The van der Waals surface area contributed by atoms with Crippen LogP contribution in [0.5, 0.6) is 0 Å². The molecule has 0 spiro atoms. The third-order valence-electron chi connectivity index (χ3n) is 5.57. The third-order valence-corrected chi connectivity index (χ3v) is 5.57. The summed E-state index contributed by atoms with van der Waals surface area (Å²) in [4.78, 5) is 0. The molecule has 0 heteroatoms. The first kappa shape index (κ1) is 10.2. The minimum absolute atomic E-state index is 0.843. The molecule has 3 aliphatic carbocycles. The highest BCUT2D eigenvalue weighted by atomic mass is 14.5. The maximum Gasteiger partial charge on any atom is -0.0292 e. The molecule has 0 amide bonds. The van der Waals surface area contributed by atoms with Crippen molar-refractivity contribution in [2.45, 2.75) is 77.0 Å². The predicted octanol–water partition coefficient (Wildman–Crippen LogP) is 4.93. The number of hydrogen-bond donors (Lipinski definition) is 0. The van der Waals surface area contributed by atoms with Crippen molar-refractivity contribution in [1.29, 1.82) is 0 Å². The Kier molecular flexibility index (Phi) is 2.79. The zero-order valence-electron chi connectivity index (χ0n) is 10.1. The average molecular weight is 206 g/mol. The minimum Gasteiger partial charge on any atom is -0.0530 e. The van der Waals surface area contributed by atoms with Gasteiger partial charge in [0.15, 0.2) is 0 Å². The van der Waals surface area contributed by atoms with E-state index >= 15 is 0 Å². The number of rotatable bonds is 2. The molecule has 0 radical (unpaired) electrons. The van der Waals surface area contributed by atoms with Crippen molar-refractivity contribution >= 4 is 0 Å². The molecule has 0 aromatic carbocycles. The average Bonchev–Trinajstić information content (AvgIpc) is 2.78. The molecule has 0 aliphatic heterocycles. The molecule has 3 aliphatic rings. The molecular formula is C15H26. The molecule has 0 heterocycles. The topological polar surface area (TPSA) is 0 Å². The van der Waals surface area contributed by atoms with Crippen LogP contribution in [0.2, 0.25) is 0 Å². The molecule has 15 heavy (non-hydrogen) atoms. The lowest BCUT2D eigenvalue weighted by atomic mass is 9.74. The lowest BCUT2D eigenvalue weighted by Gasteiger charge is -2.31. The van der Waals surface area contributed by atoms with Crippen LogP contribution < -0.4 is 0 Å². The quantitative estimate of drug-likeness (QED) is 0.601. The van der Waals surface area contributed by atoms with Crippen molar-refractivity contribution in [2.24, 2.45) is 17.3 Å². The van der Waals surface area contributed by atoms with E-state index in [0.717, 1.165) is 17.3 Å². The molecule has 0 nitrogen and oxygen atoms in total. The van der Waals surface area contributed by atoms with Crippen molar-refractivity contribution in [1.82, 2.24) is 0 Å². The Bertz CT molecular complexity index is 214. The van der Waals surface area contributed by atoms with Gasteiger partial charge in [0.2, 0.25) is 0 Å². The molecule has 3 saturated carbocycles. The summed E-state index contributed by atoms with van der Waals surface area (Å²) < 4.78 is 0. The zero-order chi connectivity index (χ0) is 10.1. The Morgan fingerprint density at radius 3 is 2.47 bits per heavy atom. The van der Waals surface area contributed by atoms with Gasteiger partial charge in [-0.15, -0.1) is 0 Å². The van der Waals surface area contributed by atoms with E-state index in [-0.39, 0.29) is 0 Å². The van der Waals surface area contributed by atoms with Gasteiger partial charge in [0, 0.05) is 0 Å². The van der Waals surface area contributed by atoms with Crippen LogP contribution in [0.1, 0.15) is 77.0 Å². The summed E-state index contributed by atoms with van der Waals surface area (Å²) in [6.45, 7) is 0. The van der Waals surface area contributed by atoms with Crippen LogP contribution in [0.4, 0.5) is 0 Å². The lowest BCUT2D eigenvalue weighted by molar-refractivity contribution is 0.200. The fraction of sp³-hybridized carbons (Fsp3) is 1.00. The van der Waals surface area contributed by atoms with Crippen molar-refractivity contribution < 1.29 is 0 Å². The van der Waals surface area contributed by atoms with Gasteiger partial charge in [0.25, 0.3) is 0 Å². The molecule has 0 N–H and O–H groups in total. The summed E-state index contributed by atoms with van der Waals surface area (Å²) in [5, 5.41) is 0. The molecule has 2 atom stereocenters. The van der Waals surface area contributed by atoms with Gasteiger partial charge in [-0.2, -0.15) is 0 Å². The summed E-state index contributed by atoms with van der Waals surface area (Å²) >= 11 is 0. The SMILES string of the molecule is C1CCC(CC23CCCCC(CC2)C3)C1. The fourth-order valence-corrected chi connectivity index (χ4v) is 4.85. The van der Waals surface area contributed by atoms with Crippen LogP contribution in [0.3, 0.4) is 0 Å². The number of fused-ring (bicyclic) bond motifs is 2. The summed E-state index contributed by atoms with van der Waals surface area (Å²) in [7, 11) is 0. The highest BCUT2D eigenvalue weighted by Crippen LogP contribution is 2.54. The first-order valence-electron chi connectivity index (χ1n) is 7.36. The van der Waals surface area contributed by atoms with Gasteiger partial charge in [0.05, 0.1) is 0 Å². The first-order chi connectivity index (χ1) is 7.36. The monoisotopic (exact) mass is 206 g/mol. The van der Waals surface area contributed by atoms with Crippen LogP contribution in [0.25, 0.3) is 0 Å². The van der Waals surface area contributed by atoms with Gasteiger partial charge in [-0.3, -0.25) is 0 Å². The van der Waals surface area contributed by atoms with Crippen LogP contribution in [0, 0.1) is 17.3 Å². The van der Waals surface area contributed by atoms with Crippen molar-refractivity contribution in [3.05, 3.63) is 0 Å². The standard InChI is InChI=1S/C15H26/c1-2-6-13(5-1)11-15-9-4-3-7-14(12-15)8-10-15/h13-14H,1-12H2. The van der Waals surface area contributed by atoms with Crippen LogP contribution >= 0.6 is 0 Å². The van der Waals surface area contributed by atoms with E-state index in [4.69, 9.17) is 0 Å². The van der Waals surface area contributed by atoms with Crippen LogP contribution in [0.15, 0.2) is 0 Å². The van der Waals surface area contributed by atoms with Gasteiger partial charge in [-0.05, 0) is 49.4 Å². The summed E-state index contributed by atoms with van der Waals surface area (Å²) in [5.41, 5.74) is 0.843. The molecule has 0 aromatic rings. The summed E-state index contributed by atoms with van der Waals surface area (Å²) in [6, 6.07) is 0. The van der Waals surface area contributed by atoms with Gasteiger partial charge in [-0.25, -0.2) is 0 Å². The molecule has 2 bridgehead atoms. The summed E-state index contributed by atoms with van der Waals surface area (Å²) in [6.07, 6.45) is 18.8.